The summed E-state index contributed by atoms with van der Waals surface area (Å²) in [5.74, 6) is -5.95. The van der Waals surface area contributed by atoms with E-state index in [-0.39, 0.29) is 12.3 Å². The van der Waals surface area contributed by atoms with Gasteiger partial charge in [0.25, 0.3) is 0 Å². The van der Waals surface area contributed by atoms with Crippen LogP contribution in [0.15, 0.2) is 0 Å². The Hall–Kier alpha value is -1.30. The molecule has 0 bridgehead atoms. The number of alkyl halides is 1. The maximum absolute atomic E-state index is 12.7. The fraction of sp³-hybridized carbons (Fsp3) is 0.364. The molecule has 0 spiro atoms. The Morgan fingerprint density at radius 3 is 1.39 bits per heavy atom. The summed E-state index contributed by atoms with van der Waals surface area (Å²) in [4.78, 5) is 9.51. The Labute approximate surface area is 106 Å². The van der Waals surface area contributed by atoms with Crippen LogP contribution in [0.25, 0.3) is 0 Å². The van der Waals surface area contributed by atoms with Crippen LogP contribution >= 0.6 is 11.6 Å². The van der Waals surface area contributed by atoms with Crippen molar-refractivity contribution >= 4 is 17.6 Å². The first-order chi connectivity index (χ1) is 8.23. The molecule has 0 heterocycles. The van der Waals surface area contributed by atoms with Crippen LogP contribution in [0.3, 0.4) is 0 Å². The predicted molar refractivity (Wildman–Crippen MR) is 58.7 cm³/mol. The molecule has 2 nitrogen and oxygen atoms in total. The van der Waals surface area contributed by atoms with Crippen molar-refractivity contribution in [2.24, 2.45) is 0 Å². The second-order valence-corrected chi connectivity index (χ2v) is 3.72. The molecule has 0 aliphatic rings. The highest BCUT2D eigenvalue weighted by Gasteiger charge is 2.19. The lowest BCUT2D eigenvalue weighted by Gasteiger charge is -2.04. The van der Waals surface area contributed by atoms with Crippen LogP contribution in [0.1, 0.15) is 17.5 Å². The number of aliphatic carboxylic acids is 1. The molecule has 18 heavy (non-hydrogen) atoms. The molecule has 0 amide bonds. The molecule has 1 aromatic carbocycles. The van der Waals surface area contributed by atoms with Crippen LogP contribution in [-0.2, 0) is 4.79 Å². The Balaban J connectivity index is 0.000000411. The van der Waals surface area contributed by atoms with Gasteiger partial charge in [-0.1, -0.05) is 0 Å². The average Bonchev–Trinajstić information content (AvgIpc) is 2.32. The van der Waals surface area contributed by atoms with E-state index in [1.807, 2.05) is 0 Å². The molecule has 0 aliphatic carbocycles. The fourth-order valence-corrected chi connectivity index (χ4v) is 1.09. The number of hydrogen-bond acceptors (Lipinski definition) is 1. The van der Waals surface area contributed by atoms with E-state index in [4.69, 9.17) is 16.7 Å². The third-order valence-corrected chi connectivity index (χ3v) is 2.20. The van der Waals surface area contributed by atoms with Crippen molar-refractivity contribution < 1.29 is 27.5 Å². The molecule has 0 aliphatic heterocycles. The molecule has 1 aromatic rings. The van der Waals surface area contributed by atoms with Gasteiger partial charge in [0, 0.05) is 17.0 Å². The SMILES string of the molecule is Cc1c(F)c(F)c(C)c(F)c1F.O=C(O)CCCl. The first-order valence-electron chi connectivity index (χ1n) is 4.80. The Kier molecular flexibility index (Phi) is 6.68. The van der Waals surface area contributed by atoms with E-state index < -0.39 is 40.4 Å². The first-order valence-corrected chi connectivity index (χ1v) is 5.34. The van der Waals surface area contributed by atoms with Crippen molar-refractivity contribution in [3.8, 4) is 0 Å². The summed E-state index contributed by atoms with van der Waals surface area (Å²) in [6, 6.07) is 0. The molecule has 0 unspecified atom stereocenters. The van der Waals surface area contributed by atoms with Crippen LogP contribution in [0.5, 0.6) is 0 Å². The van der Waals surface area contributed by atoms with Gasteiger partial charge in [0.05, 0.1) is 6.42 Å². The third-order valence-electron chi connectivity index (χ3n) is 2.01. The molecule has 1 rings (SSSR count). The van der Waals surface area contributed by atoms with Gasteiger partial charge in [-0.25, -0.2) is 17.6 Å². The molecule has 0 aromatic heterocycles. The largest absolute Gasteiger partial charge is 0.481 e. The molecule has 102 valence electrons. The van der Waals surface area contributed by atoms with Gasteiger partial charge in [0.2, 0.25) is 0 Å². The zero-order valence-corrected chi connectivity index (χ0v) is 10.4. The van der Waals surface area contributed by atoms with Crippen LogP contribution in [0.2, 0.25) is 0 Å². The molecule has 1 N–H and O–H groups in total. The quantitative estimate of drug-likeness (QED) is 0.513. The minimum atomic E-state index is -1.33. The number of benzene rings is 1. The van der Waals surface area contributed by atoms with Gasteiger partial charge in [0.1, 0.15) is 0 Å². The summed E-state index contributed by atoms with van der Waals surface area (Å²) in [6.45, 7) is 1.96. The second-order valence-electron chi connectivity index (χ2n) is 3.34. The van der Waals surface area contributed by atoms with Gasteiger partial charge in [-0.3, -0.25) is 4.79 Å². The molecular formula is C11H11ClF4O2. The summed E-state index contributed by atoms with van der Waals surface area (Å²) in [5, 5.41) is 7.83. The number of rotatable bonds is 2. The van der Waals surface area contributed by atoms with Gasteiger partial charge in [0.15, 0.2) is 23.3 Å². The third kappa shape index (κ3) is 4.18. The van der Waals surface area contributed by atoms with E-state index in [1.165, 1.54) is 0 Å². The standard InChI is InChI=1S/C8H6F4.C3H5ClO2/c1-3-5(9)7(11)4(2)8(12)6(3)10;4-2-1-3(5)6/h1-2H3;1-2H2,(H,5,6). The second kappa shape index (κ2) is 7.20. The van der Waals surface area contributed by atoms with Crippen LogP contribution in [-0.4, -0.2) is 17.0 Å². The van der Waals surface area contributed by atoms with Crippen LogP contribution in [0.4, 0.5) is 17.6 Å². The van der Waals surface area contributed by atoms with Crippen molar-refractivity contribution in [2.75, 3.05) is 5.88 Å². The summed E-state index contributed by atoms with van der Waals surface area (Å²) < 4.78 is 50.6. The minimum Gasteiger partial charge on any atom is -0.481 e. The highest BCUT2D eigenvalue weighted by atomic mass is 35.5. The predicted octanol–water partition coefficient (Wildman–Crippen LogP) is 3.56. The number of hydrogen-bond donors (Lipinski definition) is 1. The summed E-state index contributed by atoms with van der Waals surface area (Å²) >= 11 is 5.02. The van der Waals surface area contributed by atoms with E-state index in [0.29, 0.717) is 0 Å². The molecule has 0 atom stereocenters. The lowest BCUT2D eigenvalue weighted by Crippen LogP contribution is -2.02. The maximum atomic E-state index is 12.7. The lowest BCUT2D eigenvalue weighted by molar-refractivity contribution is -0.136. The molecular weight excluding hydrogens is 276 g/mol. The number of carboxylic acids is 1. The van der Waals surface area contributed by atoms with Gasteiger partial charge in [-0.05, 0) is 13.8 Å². The van der Waals surface area contributed by atoms with Crippen molar-refractivity contribution in [3.63, 3.8) is 0 Å². The summed E-state index contributed by atoms with van der Waals surface area (Å²) in [6.07, 6.45) is 0.0571. The Bertz CT molecular complexity index is 344. The highest BCUT2D eigenvalue weighted by Crippen LogP contribution is 2.22. The van der Waals surface area contributed by atoms with E-state index in [9.17, 15) is 22.4 Å². The Morgan fingerprint density at radius 1 is 1.00 bits per heavy atom. The number of carboxylic acid groups (broad SMARTS) is 1. The summed E-state index contributed by atoms with van der Waals surface area (Å²) in [7, 11) is 0. The van der Waals surface area contributed by atoms with Gasteiger partial charge in [-0.2, -0.15) is 0 Å². The van der Waals surface area contributed by atoms with Crippen molar-refractivity contribution in [2.45, 2.75) is 20.3 Å². The van der Waals surface area contributed by atoms with Gasteiger partial charge >= 0.3 is 5.97 Å². The van der Waals surface area contributed by atoms with Crippen molar-refractivity contribution in [1.29, 1.82) is 0 Å². The monoisotopic (exact) mass is 286 g/mol. The van der Waals surface area contributed by atoms with Crippen LogP contribution in [0, 0.1) is 37.1 Å². The van der Waals surface area contributed by atoms with E-state index >= 15 is 0 Å². The molecule has 0 saturated carbocycles. The van der Waals surface area contributed by atoms with Crippen molar-refractivity contribution in [3.05, 3.63) is 34.4 Å². The average molecular weight is 287 g/mol. The highest BCUT2D eigenvalue weighted by molar-refractivity contribution is 6.18. The van der Waals surface area contributed by atoms with Gasteiger partial charge < -0.3 is 5.11 Å². The minimum absolute atomic E-state index is 0.0571. The lowest BCUT2D eigenvalue weighted by atomic mass is 10.1. The molecule has 0 saturated heterocycles. The normalized spacial score (nSPS) is 9.72. The molecule has 0 radical (unpaired) electrons. The maximum Gasteiger partial charge on any atom is 0.304 e. The molecule has 0 fully saturated rings. The fourth-order valence-electron chi connectivity index (χ4n) is 0.932. The topological polar surface area (TPSA) is 37.3 Å². The number of carbonyl (C=O) groups is 1. The van der Waals surface area contributed by atoms with Crippen molar-refractivity contribution in [1.82, 2.24) is 0 Å². The zero-order chi connectivity index (χ0) is 14.5. The van der Waals surface area contributed by atoms with E-state index in [1.54, 1.807) is 0 Å². The van der Waals surface area contributed by atoms with Gasteiger partial charge in [-0.15, -0.1) is 11.6 Å². The number of halogens is 5. The Morgan fingerprint density at radius 2 is 1.28 bits per heavy atom. The molecule has 7 heteroatoms. The smallest absolute Gasteiger partial charge is 0.304 e. The van der Waals surface area contributed by atoms with E-state index in [2.05, 4.69) is 0 Å². The van der Waals surface area contributed by atoms with E-state index in [0.717, 1.165) is 13.8 Å². The van der Waals surface area contributed by atoms with Crippen LogP contribution < -0.4 is 0 Å². The summed E-state index contributed by atoms with van der Waals surface area (Å²) in [5.41, 5.74) is -1.26. The first kappa shape index (κ1) is 16.7. The zero-order valence-electron chi connectivity index (χ0n) is 9.66.